The molecule has 0 saturated heterocycles. The summed E-state index contributed by atoms with van der Waals surface area (Å²) in [6, 6.07) is 55.2. The maximum absolute atomic E-state index is 6.54. The van der Waals surface area contributed by atoms with Crippen LogP contribution in [0.25, 0.3) is 33.9 Å². The van der Waals surface area contributed by atoms with Crippen molar-refractivity contribution in [3.05, 3.63) is 233 Å². The van der Waals surface area contributed by atoms with E-state index in [-0.39, 0.29) is 17.8 Å². The molecule has 3 unspecified atom stereocenters. The second kappa shape index (κ2) is 13.3. The number of hydrogen-bond acceptors (Lipinski definition) is 4. The third kappa shape index (κ3) is 5.43. The van der Waals surface area contributed by atoms with Crippen LogP contribution in [0.3, 0.4) is 0 Å². The van der Waals surface area contributed by atoms with Gasteiger partial charge in [0, 0.05) is 51.3 Å². The van der Waals surface area contributed by atoms with Crippen molar-refractivity contribution in [3.63, 3.8) is 0 Å². The molecule has 0 radical (unpaired) electrons. The number of para-hydroxylation sites is 2. The number of ether oxygens (including phenoxy) is 1. The Morgan fingerprint density at radius 3 is 1.93 bits per heavy atom. The lowest BCUT2D eigenvalue weighted by Gasteiger charge is -2.43. The topological polar surface area (TPSA) is 61.0 Å². The van der Waals surface area contributed by atoms with Gasteiger partial charge in [0.25, 0.3) is 0 Å². The van der Waals surface area contributed by atoms with Crippen LogP contribution in [0.1, 0.15) is 46.1 Å². The van der Waals surface area contributed by atoms with Gasteiger partial charge in [-0.25, -0.2) is 9.97 Å². The molecule has 1 aromatic heterocycles. The number of aromatic nitrogens is 2. The van der Waals surface area contributed by atoms with E-state index in [1.54, 1.807) is 0 Å². The highest BCUT2D eigenvalue weighted by Crippen LogP contribution is 2.65. The third-order valence-corrected chi connectivity index (χ3v) is 12.3. The van der Waals surface area contributed by atoms with Gasteiger partial charge < -0.3 is 10.5 Å². The first kappa shape index (κ1) is 33.3. The van der Waals surface area contributed by atoms with Crippen LogP contribution in [-0.2, 0) is 5.41 Å². The Bertz CT molecular complexity index is 2730. The molecule has 4 aliphatic rings. The van der Waals surface area contributed by atoms with Crippen molar-refractivity contribution in [2.75, 3.05) is 5.73 Å². The van der Waals surface area contributed by atoms with E-state index < -0.39 is 5.41 Å². The van der Waals surface area contributed by atoms with Gasteiger partial charge in [0.1, 0.15) is 11.5 Å². The van der Waals surface area contributed by atoms with Gasteiger partial charge in [0.15, 0.2) is 5.82 Å². The smallest absolute Gasteiger partial charge is 0.160 e. The Balaban J connectivity index is 0.916. The van der Waals surface area contributed by atoms with Gasteiger partial charge >= 0.3 is 0 Å². The molecule has 0 bridgehead atoms. The molecular weight excluding hydrogens is 695 g/mol. The number of nitrogen functional groups attached to an aromatic ring is 1. The standard InChI is InChI=1S/C53H39N3O/c54-41-27-29-45-43(32-41)42-31-39(26-28-44(42)53(45)46-18-7-9-20-50(46)57-51-21-10-8-19-47(51)53)35-24-22-34(23-25-35)38-16-11-17-40(30-38)49-33-48(36-12-3-1-4-13-36)55-52(56-49)37-14-5-2-6-15-37/h1-22,24-34,42,44H,23,54H2. The predicted molar refractivity (Wildman–Crippen MR) is 230 cm³/mol. The third-order valence-electron chi connectivity index (χ3n) is 12.3. The molecule has 2 N–H and O–H groups in total. The van der Waals surface area contributed by atoms with Crippen molar-refractivity contribution in [1.29, 1.82) is 0 Å². The van der Waals surface area contributed by atoms with Crippen LogP contribution >= 0.6 is 0 Å². The molecule has 0 saturated carbocycles. The van der Waals surface area contributed by atoms with E-state index in [1.807, 2.05) is 24.3 Å². The van der Waals surface area contributed by atoms with E-state index in [4.69, 9.17) is 20.4 Å². The van der Waals surface area contributed by atoms with Gasteiger partial charge in [-0.05, 0) is 70.7 Å². The second-order valence-corrected chi connectivity index (χ2v) is 15.5. The summed E-state index contributed by atoms with van der Waals surface area (Å²) in [5.41, 5.74) is 20.7. The zero-order chi connectivity index (χ0) is 37.9. The number of fused-ring (bicyclic) bond motifs is 9. The largest absolute Gasteiger partial charge is 0.457 e. The van der Waals surface area contributed by atoms with E-state index in [0.717, 1.165) is 57.5 Å². The van der Waals surface area contributed by atoms with Crippen LogP contribution in [0.2, 0.25) is 0 Å². The van der Waals surface area contributed by atoms with Crippen molar-refractivity contribution >= 4 is 5.69 Å². The summed E-state index contributed by atoms with van der Waals surface area (Å²) in [4.78, 5) is 10.1. The molecule has 11 rings (SSSR count). The fourth-order valence-electron chi connectivity index (χ4n) is 9.72. The molecule has 3 atom stereocenters. The first-order chi connectivity index (χ1) is 28.1. The number of anilines is 1. The fraction of sp³-hybridized carbons (Fsp3) is 0.0943. The maximum Gasteiger partial charge on any atom is 0.160 e. The van der Waals surface area contributed by atoms with Gasteiger partial charge in [-0.15, -0.1) is 0 Å². The SMILES string of the molecule is Nc1ccc2c(c1)C1C=C(C3=CCC(c4cccc(-c5cc(-c6ccccc6)nc(-c6ccccc6)n5)c4)C=C3)C=CC1C21c2ccccc2Oc2ccccc21. The Morgan fingerprint density at radius 1 is 0.561 bits per heavy atom. The summed E-state index contributed by atoms with van der Waals surface area (Å²) in [6.45, 7) is 0. The summed E-state index contributed by atoms with van der Waals surface area (Å²) in [5, 5.41) is 0. The zero-order valence-corrected chi connectivity index (χ0v) is 31.3. The number of nitrogens with zero attached hydrogens (tertiary/aromatic N) is 2. The van der Waals surface area contributed by atoms with Crippen molar-refractivity contribution in [3.8, 4) is 45.4 Å². The molecule has 4 nitrogen and oxygen atoms in total. The van der Waals surface area contributed by atoms with Crippen LogP contribution in [0.4, 0.5) is 5.69 Å². The number of nitrogens with two attached hydrogens (primary N) is 1. The minimum atomic E-state index is -0.391. The molecule has 1 spiro atoms. The highest BCUT2D eigenvalue weighted by Gasteiger charge is 2.56. The fourth-order valence-corrected chi connectivity index (χ4v) is 9.72. The van der Waals surface area contributed by atoms with E-state index in [1.165, 1.54) is 39.0 Å². The second-order valence-electron chi connectivity index (χ2n) is 15.5. The lowest BCUT2D eigenvalue weighted by Crippen LogP contribution is -2.37. The minimum Gasteiger partial charge on any atom is -0.457 e. The van der Waals surface area contributed by atoms with Gasteiger partial charge in [0.05, 0.1) is 16.8 Å². The molecular formula is C53H39N3O. The van der Waals surface area contributed by atoms with Crippen LogP contribution in [0.5, 0.6) is 11.5 Å². The summed E-state index contributed by atoms with van der Waals surface area (Å²) in [5.74, 6) is 3.14. The van der Waals surface area contributed by atoms with E-state index in [0.29, 0.717) is 0 Å². The molecule has 7 aromatic rings. The molecule has 272 valence electrons. The number of hydrogen-bond donors (Lipinski definition) is 1. The van der Waals surface area contributed by atoms with Crippen LogP contribution in [0.15, 0.2) is 205 Å². The quantitative estimate of drug-likeness (QED) is 0.179. The molecule has 0 amide bonds. The van der Waals surface area contributed by atoms with Crippen molar-refractivity contribution in [2.45, 2.75) is 23.7 Å². The van der Waals surface area contributed by atoms with Crippen molar-refractivity contribution in [2.24, 2.45) is 5.92 Å². The molecule has 2 heterocycles. The Labute approximate surface area is 333 Å². The molecule has 57 heavy (non-hydrogen) atoms. The monoisotopic (exact) mass is 733 g/mol. The van der Waals surface area contributed by atoms with Crippen molar-refractivity contribution in [1.82, 2.24) is 9.97 Å². The number of allylic oxidation sites excluding steroid dienone is 8. The minimum absolute atomic E-state index is 0.154. The average molecular weight is 734 g/mol. The lowest BCUT2D eigenvalue weighted by molar-refractivity contribution is 0.373. The summed E-state index contributed by atoms with van der Waals surface area (Å²) in [6.07, 6.45) is 15.3. The van der Waals surface area contributed by atoms with E-state index in [9.17, 15) is 0 Å². The predicted octanol–water partition coefficient (Wildman–Crippen LogP) is 12.4. The van der Waals surface area contributed by atoms with Crippen LogP contribution in [0, 0.1) is 5.92 Å². The molecule has 0 fully saturated rings. The highest BCUT2D eigenvalue weighted by molar-refractivity contribution is 5.74. The summed E-state index contributed by atoms with van der Waals surface area (Å²) < 4.78 is 6.54. The van der Waals surface area contributed by atoms with E-state index >= 15 is 0 Å². The molecule has 4 heteroatoms. The van der Waals surface area contributed by atoms with E-state index in [2.05, 4.69) is 170 Å². The highest BCUT2D eigenvalue weighted by atomic mass is 16.5. The Kier molecular flexibility index (Phi) is 7.78. The average Bonchev–Trinajstić information content (AvgIpc) is 3.56. The van der Waals surface area contributed by atoms with Gasteiger partial charge in [-0.2, -0.15) is 0 Å². The number of rotatable bonds is 5. The van der Waals surface area contributed by atoms with Crippen LogP contribution in [-0.4, -0.2) is 9.97 Å². The Hall–Kier alpha value is -7.04. The summed E-state index contributed by atoms with van der Waals surface area (Å²) >= 11 is 0. The molecule has 6 aromatic carbocycles. The Morgan fingerprint density at radius 2 is 1.21 bits per heavy atom. The van der Waals surface area contributed by atoms with Gasteiger partial charge in [-0.1, -0.05) is 158 Å². The zero-order valence-electron chi connectivity index (χ0n) is 31.3. The van der Waals surface area contributed by atoms with Crippen LogP contribution < -0.4 is 10.5 Å². The maximum atomic E-state index is 6.54. The first-order valence-corrected chi connectivity index (χ1v) is 19.8. The summed E-state index contributed by atoms with van der Waals surface area (Å²) in [7, 11) is 0. The first-order valence-electron chi connectivity index (χ1n) is 19.8. The van der Waals surface area contributed by atoms with Gasteiger partial charge in [0.2, 0.25) is 0 Å². The lowest BCUT2D eigenvalue weighted by atomic mass is 9.61. The molecule has 3 aliphatic carbocycles. The normalized spacial score (nSPS) is 19.4. The van der Waals surface area contributed by atoms with Gasteiger partial charge in [-0.3, -0.25) is 0 Å². The number of benzene rings is 6. The van der Waals surface area contributed by atoms with Crippen molar-refractivity contribution < 1.29 is 4.74 Å². The molecule has 1 aliphatic heterocycles.